The summed E-state index contributed by atoms with van der Waals surface area (Å²) in [5, 5.41) is 4.13. The summed E-state index contributed by atoms with van der Waals surface area (Å²) in [5.41, 5.74) is 1.85. The van der Waals surface area contributed by atoms with E-state index in [0.717, 1.165) is 35.1 Å². The van der Waals surface area contributed by atoms with Gasteiger partial charge in [-0.15, -0.1) is 0 Å². The lowest BCUT2D eigenvalue weighted by Gasteiger charge is -2.10. The van der Waals surface area contributed by atoms with Crippen LogP contribution in [0.15, 0.2) is 36.5 Å². The summed E-state index contributed by atoms with van der Waals surface area (Å²) in [6.07, 6.45) is 4.09. The molecule has 3 nitrogen and oxygen atoms in total. The molecule has 1 fully saturated rings. The topological polar surface area (TPSA) is 37.8 Å². The minimum atomic E-state index is 0.285. The molecule has 1 aliphatic rings. The van der Waals surface area contributed by atoms with E-state index in [1.807, 2.05) is 30.3 Å². The molecular formula is C14H14ClN3. The number of nitrogens with zero attached hydrogens (tertiary/aromatic N) is 2. The number of benzene rings is 1. The maximum atomic E-state index is 6.19. The zero-order valence-corrected chi connectivity index (χ0v) is 10.7. The molecule has 0 spiro atoms. The predicted molar refractivity (Wildman–Crippen MR) is 72.5 cm³/mol. The SMILES string of the molecule is Clc1ccccc1-c1ccnc(C2CCCN2)n1. The van der Waals surface area contributed by atoms with Gasteiger partial charge in [0, 0.05) is 16.8 Å². The van der Waals surface area contributed by atoms with Crippen LogP contribution in [0.2, 0.25) is 5.02 Å². The smallest absolute Gasteiger partial charge is 0.145 e. The Morgan fingerprint density at radius 2 is 2.11 bits per heavy atom. The molecule has 2 aromatic rings. The van der Waals surface area contributed by atoms with Crippen molar-refractivity contribution in [2.45, 2.75) is 18.9 Å². The number of nitrogens with one attached hydrogen (secondary N) is 1. The van der Waals surface area contributed by atoms with Crippen LogP contribution in [0.25, 0.3) is 11.3 Å². The Hall–Kier alpha value is -1.45. The zero-order chi connectivity index (χ0) is 12.4. The molecule has 1 aliphatic heterocycles. The Bertz CT molecular complexity index is 550. The summed E-state index contributed by atoms with van der Waals surface area (Å²) < 4.78 is 0. The van der Waals surface area contributed by atoms with Crippen molar-refractivity contribution in [2.24, 2.45) is 0 Å². The zero-order valence-electron chi connectivity index (χ0n) is 9.94. The molecule has 0 aliphatic carbocycles. The first-order valence-electron chi connectivity index (χ1n) is 6.16. The van der Waals surface area contributed by atoms with Crippen molar-refractivity contribution < 1.29 is 0 Å². The first-order chi connectivity index (χ1) is 8.84. The van der Waals surface area contributed by atoms with Gasteiger partial charge in [-0.2, -0.15) is 0 Å². The molecule has 1 saturated heterocycles. The van der Waals surface area contributed by atoms with Crippen LogP contribution in [0.5, 0.6) is 0 Å². The Morgan fingerprint density at radius 1 is 1.22 bits per heavy atom. The van der Waals surface area contributed by atoms with Gasteiger partial charge in [0.1, 0.15) is 5.82 Å². The van der Waals surface area contributed by atoms with Gasteiger partial charge in [-0.05, 0) is 31.5 Å². The van der Waals surface area contributed by atoms with E-state index in [1.54, 1.807) is 6.20 Å². The number of hydrogen-bond acceptors (Lipinski definition) is 3. The van der Waals surface area contributed by atoms with E-state index < -0.39 is 0 Å². The highest BCUT2D eigenvalue weighted by Crippen LogP contribution is 2.27. The third-order valence-corrected chi connectivity index (χ3v) is 3.53. The lowest BCUT2D eigenvalue weighted by atomic mass is 10.1. The van der Waals surface area contributed by atoms with Crippen LogP contribution in [0.4, 0.5) is 0 Å². The Morgan fingerprint density at radius 3 is 2.89 bits per heavy atom. The minimum Gasteiger partial charge on any atom is -0.307 e. The lowest BCUT2D eigenvalue weighted by molar-refractivity contribution is 0.605. The summed E-state index contributed by atoms with van der Waals surface area (Å²) in [4.78, 5) is 8.99. The molecule has 0 saturated carbocycles. The van der Waals surface area contributed by atoms with Crippen LogP contribution < -0.4 is 5.32 Å². The Kier molecular flexibility index (Phi) is 3.26. The van der Waals surface area contributed by atoms with Crippen molar-refractivity contribution >= 4 is 11.6 Å². The molecule has 92 valence electrons. The minimum absolute atomic E-state index is 0.285. The average Bonchev–Trinajstić information content (AvgIpc) is 2.93. The van der Waals surface area contributed by atoms with Crippen molar-refractivity contribution in [3.63, 3.8) is 0 Å². The lowest BCUT2D eigenvalue weighted by Crippen LogP contribution is -2.15. The van der Waals surface area contributed by atoms with Crippen LogP contribution in [0.1, 0.15) is 24.7 Å². The second kappa shape index (κ2) is 5.04. The van der Waals surface area contributed by atoms with Gasteiger partial charge in [0.05, 0.1) is 11.7 Å². The molecule has 1 atom stereocenters. The summed E-state index contributed by atoms with van der Waals surface area (Å²) >= 11 is 6.19. The third-order valence-electron chi connectivity index (χ3n) is 3.20. The van der Waals surface area contributed by atoms with E-state index in [1.165, 1.54) is 6.42 Å². The van der Waals surface area contributed by atoms with Crippen LogP contribution in [0, 0.1) is 0 Å². The standard InChI is InChI=1S/C14H14ClN3/c15-11-5-2-1-4-10(11)12-7-9-17-14(18-12)13-6-3-8-16-13/h1-2,4-5,7,9,13,16H,3,6,8H2. The molecule has 0 radical (unpaired) electrons. The monoisotopic (exact) mass is 259 g/mol. The van der Waals surface area contributed by atoms with Crippen LogP contribution in [-0.2, 0) is 0 Å². The summed E-state index contributed by atoms with van der Waals surface area (Å²) in [6, 6.07) is 9.94. The first-order valence-corrected chi connectivity index (χ1v) is 6.53. The van der Waals surface area contributed by atoms with Gasteiger partial charge in [-0.25, -0.2) is 9.97 Å². The van der Waals surface area contributed by atoms with Crippen molar-refractivity contribution in [2.75, 3.05) is 6.54 Å². The van der Waals surface area contributed by atoms with Gasteiger partial charge in [-0.3, -0.25) is 0 Å². The molecule has 1 unspecified atom stereocenters. The fourth-order valence-corrected chi connectivity index (χ4v) is 2.50. The van der Waals surface area contributed by atoms with Crippen molar-refractivity contribution in [1.29, 1.82) is 0 Å². The maximum absolute atomic E-state index is 6.19. The van der Waals surface area contributed by atoms with Gasteiger partial charge in [-0.1, -0.05) is 29.8 Å². The second-order valence-corrected chi connectivity index (χ2v) is 4.84. The summed E-state index contributed by atoms with van der Waals surface area (Å²) in [5.74, 6) is 0.866. The Labute approximate surface area is 111 Å². The van der Waals surface area contributed by atoms with Crippen LogP contribution in [0.3, 0.4) is 0 Å². The largest absolute Gasteiger partial charge is 0.307 e. The molecule has 0 amide bonds. The molecular weight excluding hydrogens is 246 g/mol. The van der Waals surface area contributed by atoms with E-state index in [4.69, 9.17) is 11.6 Å². The van der Waals surface area contributed by atoms with Gasteiger partial charge in [0.2, 0.25) is 0 Å². The van der Waals surface area contributed by atoms with E-state index >= 15 is 0 Å². The highest BCUT2D eigenvalue weighted by Gasteiger charge is 2.19. The molecule has 18 heavy (non-hydrogen) atoms. The van der Waals surface area contributed by atoms with Gasteiger partial charge in [0.15, 0.2) is 0 Å². The van der Waals surface area contributed by atoms with Crippen molar-refractivity contribution in [3.8, 4) is 11.3 Å². The summed E-state index contributed by atoms with van der Waals surface area (Å²) in [7, 11) is 0. The van der Waals surface area contributed by atoms with Gasteiger partial charge in [0.25, 0.3) is 0 Å². The normalized spacial score (nSPS) is 19.1. The number of halogens is 1. The molecule has 2 heterocycles. The highest BCUT2D eigenvalue weighted by molar-refractivity contribution is 6.33. The molecule has 3 rings (SSSR count). The quantitative estimate of drug-likeness (QED) is 0.900. The number of rotatable bonds is 2. The van der Waals surface area contributed by atoms with E-state index in [9.17, 15) is 0 Å². The Balaban J connectivity index is 1.98. The summed E-state index contributed by atoms with van der Waals surface area (Å²) in [6.45, 7) is 1.05. The predicted octanol–water partition coefficient (Wildman–Crippen LogP) is 3.22. The van der Waals surface area contributed by atoms with Crippen LogP contribution >= 0.6 is 11.6 Å². The molecule has 1 N–H and O–H groups in total. The maximum Gasteiger partial charge on any atom is 0.145 e. The molecule has 4 heteroatoms. The number of aromatic nitrogens is 2. The number of hydrogen-bond donors (Lipinski definition) is 1. The molecule has 1 aromatic carbocycles. The van der Waals surface area contributed by atoms with Gasteiger partial charge >= 0.3 is 0 Å². The molecule has 1 aromatic heterocycles. The van der Waals surface area contributed by atoms with Crippen molar-refractivity contribution in [1.82, 2.24) is 15.3 Å². The van der Waals surface area contributed by atoms with Crippen molar-refractivity contribution in [3.05, 3.63) is 47.4 Å². The first kappa shape index (κ1) is 11.6. The fraction of sp³-hybridized carbons (Fsp3) is 0.286. The van der Waals surface area contributed by atoms with E-state index in [2.05, 4.69) is 15.3 Å². The van der Waals surface area contributed by atoms with E-state index in [-0.39, 0.29) is 6.04 Å². The third kappa shape index (κ3) is 2.24. The highest BCUT2D eigenvalue weighted by atomic mass is 35.5. The molecule has 0 bridgehead atoms. The second-order valence-electron chi connectivity index (χ2n) is 4.43. The van der Waals surface area contributed by atoms with E-state index in [0.29, 0.717) is 0 Å². The average molecular weight is 260 g/mol. The fourth-order valence-electron chi connectivity index (χ4n) is 2.27. The van der Waals surface area contributed by atoms with Crippen LogP contribution in [-0.4, -0.2) is 16.5 Å². The van der Waals surface area contributed by atoms with Gasteiger partial charge < -0.3 is 5.32 Å².